The minimum absolute atomic E-state index is 0.124. The van der Waals surface area contributed by atoms with Crippen molar-refractivity contribution in [3.8, 4) is 17.2 Å². The van der Waals surface area contributed by atoms with Crippen LogP contribution in [0.3, 0.4) is 0 Å². The number of phenolic OH excluding ortho intramolecular Hbond substituents is 1. The molecule has 1 aliphatic heterocycles. The highest BCUT2D eigenvalue weighted by Gasteiger charge is 2.43. The molecule has 0 spiro atoms. The van der Waals surface area contributed by atoms with E-state index in [9.17, 15) is 9.90 Å². The summed E-state index contributed by atoms with van der Waals surface area (Å²) in [6.45, 7) is 5.65. The zero-order valence-electron chi connectivity index (χ0n) is 15.2. The van der Waals surface area contributed by atoms with Crippen molar-refractivity contribution in [2.75, 3.05) is 5.32 Å². The average Bonchev–Trinajstić information content (AvgIpc) is 3.04. The summed E-state index contributed by atoms with van der Waals surface area (Å²) in [4.78, 5) is 13.2. The van der Waals surface area contributed by atoms with Crippen LogP contribution in [0, 0.1) is 12.3 Å². The molecule has 3 aromatic rings. The summed E-state index contributed by atoms with van der Waals surface area (Å²) < 4.78 is 5.97. The van der Waals surface area contributed by atoms with Crippen molar-refractivity contribution in [2.24, 2.45) is 5.41 Å². The number of anilines is 1. The summed E-state index contributed by atoms with van der Waals surface area (Å²) in [6.07, 6.45) is 0. The van der Waals surface area contributed by atoms with Crippen molar-refractivity contribution in [1.29, 1.82) is 0 Å². The number of ether oxygens (including phenoxy) is 1. The van der Waals surface area contributed by atoms with Gasteiger partial charge in [-0.15, -0.1) is 10.2 Å². The molecule has 7 heteroatoms. The van der Waals surface area contributed by atoms with Gasteiger partial charge in [-0.05, 0) is 19.1 Å². The molecule has 0 fully saturated rings. The van der Waals surface area contributed by atoms with E-state index in [0.717, 1.165) is 16.1 Å². The molecule has 0 saturated heterocycles. The van der Waals surface area contributed by atoms with Crippen molar-refractivity contribution in [2.45, 2.75) is 26.7 Å². The zero-order chi connectivity index (χ0) is 19.2. The number of hydrogen-bond acceptors (Lipinski definition) is 6. The number of aromatic hydroxyl groups is 1. The first-order chi connectivity index (χ1) is 12.9. The molecule has 1 amide bonds. The van der Waals surface area contributed by atoms with Gasteiger partial charge in [-0.2, -0.15) is 0 Å². The number of carbonyl (C=O) groups excluding carboxylic acids is 1. The van der Waals surface area contributed by atoms with Crippen LogP contribution in [0.5, 0.6) is 17.2 Å². The first kappa shape index (κ1) is 17.5. The summed E-state index contributed by atoms with van der Waals surface area (Å²) in [5.41, 5.74) is 0.995. The molecule has 1 aliphatic rings. The SMILES string of the molecule is Cc1nnc(NC(=O)C(C)(C)C2c3ccccc3Oc3cc(O)ccc32)s1. The molecule has 2 heterocycles. The number of nitrogens with one attached hydrogen (secondary N) is 1. The number of aryl methyl sites for hydroxylation is 1. The third-order valence-corrected chi connectivity index (χ3v) is 5.57. The summed E-state index contributed by atoms with van der Waals surface area (Å²) in [7, 11) is 0. The predicted octanol–water partition coefficient (Wildman–Crippen LogP) is 4.45. The van der Waals surface area contributed by atoms with Crippen LogP contribution in [0.25, 0.3) is 0 Å². The van der Waals surface area contributed by atoms with Gasteiger partial charge in [0.15, 0.2) is 0 Å². The van der Waals surface area contributed by atoms with E-state index in [2.05, 4.69) is 15.5 Å². The first-order valence-electron chi connectivity index (χ1n) is 8.57. The van der Waals surface area contributed by atoms with Crippen LogP contribution in [0.1, 0.15) is 35.9 Å². The highest BCUT2D eigenvalue weighted by molar-refractivity contribution is 7.15. The Labute approximate surface area is 160 Å². The van der Waals surface area contributed by atoms with E-state index in [1.807, 2.05) is 51.1 Å². The van der Waals surface area contributed by atoms with Gasteiger partial charge in [0.2, 0.25) is 11.0 Å². The maximum Gasteiger partial charge on any atom is 0.232 e. The number of nitrogens with zero attached hydrogens (tertiary/aromatic N) is 2. The van der Waals surface area contributed by atoms with Crippen LogP contribution in [0.4, 0.5) is 5.13 Å². The van der Waals surface area contributed by atoms with Gasteiger partial charge in [0.05, 0.1) is 5.41 Å². The summed E-state index contributed by atoms with van der Waals surface area (Å²) in [5.74, 6) is 0.976. The second-order valence-electron chi connectivity index (χ2n) is 7.10. The molecular weight excluding hydrogens is 362 g/mol. The Morgan fingerprint density at radius 1 is 1.15 bits per heavy atom. The lowest BCUT2D eigenvalue weighted by atomic mass is 9.69. The monoisotopic (exact) mass is 381 g/mol. The lowest BCUT2D eigenvalue weighted by Gasteiger charge is -2.38. The maximum atomic E-state index is 13.2. The molecule has 138 valence electrons. The van der Waals surface area contributed by atoms with Crippen LogP contribution in [0.15, 0.2) is 42.5 Å². The third-order valence-electron chi connectivity index (χ3n) is 4.81. The van der Waals surface area contributed by atoms with Gasteiger partial charge in [-0.25, -0.2) is 0 Å². The van der Waals surface area contributed by atoms with Crippen LogP contribution in [0.2, 0.25) is 0 Å². The van der Waals surface area contributed by atoms with Crippen molar-refractivity contribution < 1.29 is 14.6 Å². The largest absolute Gasteiger partial charge is 0.508 e. The van der Waals surface area contributed by atoms with Crippen LogP contribution in [-0.2, 0) is 4.79 Å². The lowest BCUT2D eigenvalue weighted by Crippen LogP contribution is -2.38. The Balaban J connectivity index is 1.78. The molecule has 6 nitrogen and oxygen atoms in total. The van der Waals surface area contributed by atoms with Gasteiger partial charge in [-0.1, -0.05) is 49.4 Å². The molecule has 0 saturated carbocycles. The molecule has 1 aromatic heterocycles. The zero-order valence-corrected chi connectivity index (χ0v) is 16.0. The number of carbonyl (C=O) groups is 1. The molecule has 1 atom stereocenters. The quantitative estimate of drug-likeness (QED) is 0.700. The smallest absolute Gasteiger partial charge is 0.232 e. The molecule has 0 aliphatic carbocycles. The van der Waals surface area contributed by atoms with Crippen LogP contribution >= 0.6 is 11.3 Å². The molecular formula is C20H19N3O3S. The average molecular weight is 381 g/mol. The van der Waals surface area contributed by atoms with Crippen molar-refractivity contribution in [1.82, 2.24) is 10.2 Å². The third kappa shape index (κ3) is 3.04. The molecule has 4 rings (SSSR count). The van der Waals surface area contributed by atoms with E-state index in [0.29, 0.717) is 16.6 Å². The van der Waals surface area contributed by atoms with Crippen LogP contribution < -0.4 is 10.1 Å². The van der Waals surface area contributed by atoms with Gasteiger partial charge in [-0.3, -0.25) is 4.79 Å². The van der Waals surface area contributed by atoms with Crippen molar-refractivity contribution in [3.05, 3.63) is 58.6 Å². The van der Waals surface area contributed by atoms with Gasteiger partial charge in [0.25, 0.3) is 0 Å². The molecule has 1 unspecified atom stereocenters. The standard InChI is InChI=1S/C20H19N3O3S/c1-11-22-23-19(27-11)21-18(25)20(2,3)17-13-6-4-5-7-15(13)26-16-10-12(24)8-9-14(16)17/h4-10,17,24H,1-3H3,(H,21,23,25). The van der Waals surface area contributed by atoms with Gasteiger partial charge in [0.1, 0.15) is 22.3 Å². The second-order valence-corrected chi connectivity index (χ2v) is 8.28. The normalized spacial score (nSPS) is 15.4. The van der Waals surface area contributed by atoms with Crippen molar-refractivity contribution >= 4 is 22.4 Å². The number of phenols is 1. The fourth-order valence-corrected chi connectivity index (χ4v) is 4.05. The Morgan fingerprint density at radius 3 is 2.63 bits per heavy atom. The van der Waals surface area contributed by atoms with Crippen molar-refractivity contribution in [3.63, 3.8) is 0 Å². The van der Waals surface area contributed by atoms with Gasteiger partial charge in [0, 0.05) is 23.1 Å². The van der Waals surface area contributed by atoms with E-state index in [4.69, 9.17) is 4.74 Å². The number of amides is 1. The van der Waals surface area contributed by atoms with E-state index < -0.39 is 5.41 Å². The molecule has 0 bridgehead atoms. The van der Waals surface area contributed by atoms with Crippen LogP contribution in [-0.4, -0.2) is 21.2 Å². The Bertz CT molecular complexity index is 1030. The topological polar surface area (TPSA) is 84.3 Å². The Morgan fingerprint density at radius 2 is 1.89 bits per heavy atom. The highest BCUT2D eigenvalue weighted by Crippen LogP contribution is 2.52. The number of benzene rings is 2. The Hall–Kier alpha value is -2.93. The summed E-state index contributed by atoms with van der Waals surface area (Å²) in [5, 5.41) is 22.0. The van der Waals surface area contributed by atoms with E-state index >= 15 is 0 Å². The molecule has 27 heavy (non-hydrogen) atoms. The Kier molecular flexibility index (Phi) is 4.11. The van der Waals surface area contributed by atoms with Gasteiger partial charge < -0.3 is 15.2 Å². The maximum absolute atomic E-state index is 13.2. The van der Waals surface area contributed by atoms with E-state index in [1.165, 1.54) is 11.3 Å². The summed E-state index contributed by atoms with van der Waals surface area (Å²) >= 11 is 1.34. The number of rotatable bonds is 3. The number of para-hydroxylation sites is 1. The first-order valence-corrected chi connectivity index (χ1v) is 9.39. The molecule has 2 N–H and O–H groups in total. The minimum Gasteiger partial charge on any atom is -0.508 e. The molecule has 2 aromatic carbocycles. The number of aromatic nitrogens is 2. The summed E-state index contributed by atoms with van der Waals surface area (Å²) in [6, 6.07) is 12.7. The van der Waals surface area contributed by atoms with Gasteiger partial charge >= 0.3 is 0 Å². The number of hydrogen-bond donors (Lipinski definition) is 2. The fourth-order valence-electron chi connectivity index (χ4n) is 3.46. The highest BCUT2D eigenvalue weighted by atomic mass is 32.1. The lowest BCUT2D eigenvalue weighted by molar-refractivity contribution is -0.124. The fraction of sp³-hybridized carbons (Fsp3) is 0.250. The van der Waals surface area contributed by atoms with E-state index in [-0.39, 0.29) is 17.6 Å². The molecule has 0 radical (unpaired) electrons. The van der Waals surface area contributed by atoms with E-state index in [1.54, 1.807) is 12.1 Å². The predicted molar refractivity (Wildman–Crippen MR) is 104 cm³/mol. The second kappa shape index (κ2) is 6.35. The minimum atomic E-state index is -0.800. The number of fused-ring (bicyclic) bond motifs is 2.